The molecule has 5 heteroatoms. The van der Waals surface area contributed by atoms with Crippen LogP contribution in [0.3, 0.4) is 0 Å². The summed E-state index contributed by atoms with van der Waals surface area (Å²) in [5, 5.41) is 2.98. The quantitative estimate of drug-likeness (QED) is 0.684. The van der Waals surface area contributed by atoms with Gasteiger partial charge in [0.05, 0.1) is 6.04 Å². The average molecular weight is 414 g/mol. The van der Waals surface area contributed by atoms with Crippen molar-refractivity contribution in [3.8, 4) is 0 Å². The predicted molar refractivity (Wildman–Crippen MR) is 121 cm³/mol. The summed E-state index contributed by atoms with van der Waals surface area (Å²) in [5.41, 5.74) is 7.39. The molecule has 30 heavy (non-hydrogen) atoms. The Hall–Kier alpha value is -1.88. The molecule has 0 saturated heterocycles. The van der Waals surface area contributed by atoms with E-state index < -0.39 is 12.1 Å². The van der Waals surface area contributed by atoms with Gasteiger partial charge in [-0.25, -0.2) is 0 Å². The molecule has 1 aromatic carbocycles. The van der Waals surface area contributed by atoms with Gasteiger partial charge in [0.25, 0.3) is 0 Å². The Morgan fingerprint density at radius 3 is 2.27 bits per heavy atom. The maximum atomic E-state index is 13.8. The van der Waals surface area contributed by atoms with Gasteiger partial charge in [-0.3, -0.25) is 9.59 Å². The SMILES string of the molecule is CCN(C(=O)[C@@H](NC(=O)C(N)C(C)C)C(C)C)C1C2CCC(C2)C1c1ccccc1. The lowest BCUT2D eigenvalue weighted by Crippen LogP contribution is -2.58. The summed E-state index contributed by atoms with van der Waals surface area (Å²) in [6.45, 7) is 10.6. The normalized spacial score (nSPS) is 27.3. The molecule has 2 saturated carbocycles. The van der Waals surface area contributed by atoms with E-state index in [4.69, 9.17) is 5.73 Å². The number of nitrogens with one attached hydrogen (secondary N) is 1. The van der Waals surface area contributed by atoms with Crippen LogP contribution < -0.4 is 11.1 Å². The maximum absolute atomic E-state index is 13.8. The summed E-state index contributed by atoms with van der Waals surface area (Å²) in [4.78, 5) is 28.5. The molecular formula is C25H39N3O2. The van der Waals surface area contributed by atoms with Crippen LogP contribution in [0.15, 0.2) is 30.3 Å². The second-order valence-corrected chi connectivity index (χ2v) is 9.88. The van der Waals surface area contributed by atoms with Gasteiger partial charge in [0.2, 0.25) is 11.8 Å². The van der Waals surface area contributed by atoms with Crippen molar-refractivity contribution in [1.82, 2.24) is 10.2 Å². The third-order valence-corrected chi connectivity index (χ3v) is 7.29. The van der Waals surface area contributed by atoms with Crippen LogP contribution in [0, 0.1) is 23.7 Å². The molecule has 5 nitrogen and oxygen atoms in total. The zero-order valence-corrected chi connectivity index (χ0v) is 19.2. The molecule has 3 N–H and O–H groups in total. The van der Waals surface area contributed by atoms with Gasteiger partial charge in [-0.05, 0) is 55.4 Å². The number of nitrogens with two attached hydrogens (primary N) is 1. The predicted octanol–water partition coefficient (Wildman–Crippen LogP) is 3.54. The summed E-state index contributed by atoms with van der Waals surface area (Å²) < 4.78 is 0. The van der Waals surface area contributed by atoms with Gasteiger partial charge in [0.15, 0.2) is 0 Å². The summed E-state index contributed by atoms with van der Waals surface area (Å²) in [6.07, 6.45) is 3.64. The van der Waals surface area contributed by atoms with E-state index in [0.717, 1.165) is 0 Å². The Morgan fingerprint density at radius 1 is 1.07 bits per heavy atom. The van der Waals surface area contributed by atoms with Crippen molar-refractivity contribution in [2.75, 3.05) is 6.54 Å². The number of hydrogen-bond acceptors (Lipinski definition) is 3. The third-order valence-electron chi connectivity index (χ3n) is 7.29. The monoisotopic (exact) mass is 413 g/mol. The van der Waals surface area contributed by atoms with Gasteiger partial charge in [-0.1, -0.05) is 58.0 Å². The third kappa shape index (κ3) is 4.41. The van der Waals surface area contributed by atoms with Crippen LogP contribution in [0.5, 0.6) is 0 Å². The standard InChI is InChI=1S/C25H39N3O2/c1-6-28(25(30)22(16(4)5)27-24(29)21(26)15(2)3)23-19-13-12-18(14-19)20(23)17-10-8-7-9-11-17/h7-11,15-16,18-23H,6,12-14,26H2,1-5H3,(H,27,29)/t18?,19?,20?,21?,22-,23?/m0/s1. The molecule has 3 rings (SSSR count). The van der Waals surface area contributed by atoms with Crippen LogP contribution in [0.25, 0.3) is 0 Å². The highest BCUT2D eigenvalue weighted by Gasteiger charge is 2.51. The van der Waals surface area contributed by atoms with Crippen LogP contribution in [-0.2, 0) is 9.59 Å². The van der Waals surface area contributed by atoms with Crippen molar-refractivity contribution in [2.24, 2.45) is 29.4 Å². The summed E-state index contributed by atoms with van der Waals surface area (Å²) in [7, 11) is 0. The van der Waals surface area contributed by atoms with Crippen molar-refractivity contribution in [3.63, 3.8) is 0 Å². The largest absolute Gasteiger partial charge is 0.343 e. The Balaban J connectivity index is 1.85. The van der Waals surface area contributed by atoms with Gasteiger partial charge in [-0.2, -0.15) is 0 Å². The molecule has 0 heterocycles. The van der Waals surface area contributed by atoms with E-state index in [1.165, 1.54) is 24.8 Å². The highest BCUT2D eigenvalue weighted by atomic mass is 16.2. The molecule has 2 fully saturated rings. The van der Waals surface area contributed by atoms with Crippen LogP contribution in [-0.4, -0.2) is 41.4 Å². The van der Waals surface area contributed by atoms with Gasteiger partial charge in [0.1, 0.15) is 6.04 Å². The molecular weight excluding hydrogens is 374 g/mol. The van der Waals surface area contributed by atoms with Crippen LogP contribution in [0.1, 0.15) is 65.4 Å². The number of hydrogen-bond donors (Lipinski definition) is 2. The van der Waals surface area contributed by atoms with E-state index in [0.29, 0.717) is 24.3 Å². The van der Waals surface area contributed by atoms with Gasteiger partial charge in [-0.15, -0.1) is 0 Å². The van der Waals surface area contributed by atoms with E-state index in [1.807, 2.05) is 27.7 Å². The van der Waals surface area contributed by atoms with E-state index >= 15 is 0 Å². The van der Waals surface area contributed by atoms with Crippen molar-refractivity contribution in [2.45, 2.75) is 77.9 Å². The average Bonchev–Trinajstić information content (AvgIpc) is 3.34. The first-order valence-electron chi connectivity index (χ1n) is 11.7. The number of carbonyl (C=O) groups is 2. The van der Waals surface area contributed by atoms with Crippen molar-refractivity contribution < 1.29 is 9.59 Å². The Bertz CT molecular complexity index is 733. The minimum absolute atomic E-state index is 0.00336. The van der Waals surface area contributed by atoms with Crippen LogP contribution in [0.2, 0.25) is 0 Å². The van der Waals surface area contributed by atoms with Gasteiger partial charge >= 0.3 is 0 Å². The van der Waals surface area contributed by atoms with Crippen LogP contribution in [0.4, 0.5) is 0 Å². The summed E-state index contributed by atoms with van der Waals surface area (Å²) in [6, 6.07) is 9.73. The number of benzene rings is 1. The number of carbonyl (C=O) groups excluding carboxylic acids is 2. The molecule has 166 valence electrons. The number of rotatable bonds is 8. The lowest BCUT2D eigenvalue weighted by molar-refractivity contribution is -0.141. The molecule has 0 aromatic heterocycles. The second-order valence-electron chi connectivity index (χ2n) is 9.88. The lowest BCUT2D eigenvalue weighted by Gasteiger charge is -2.42. The van der Waals surface area contributed by atoms with Crippen molar-refractivity contribution in [1.29, 1.82) is 0 Å². The minimum atomic E-state index is -0.603. The Morgan fingerprint density at radius 2 is 1.70 bits per heavy atom. The van der Waals surface area contributed by atoms with E-state index in [1.54, 1.807) is 0 Å². The van der Waals surface area contributed by atoms with E-state index in [-0.39, 0.29) is 29.7 Å². The number of fused-ring (bicyclic) bond motifs is 2. The number of amides is 2. The number of nitrogens with zero attached hydrogens (tertiary/aromatic N) is 1. The zero-order valence-electron chi connectivity index (χ0n) is 19.2. The molecule has 0 spiro atoms. The van der Waals surface area contributed by atoms with Gasteiger partial charge < -0.3 is 16.0 Å². The van der Waals surface area contributed by atoms with E-state index in [2.05, 4.69) is 47.5 Å². The van der Waals surface area contributed by atoms with E-state index in [9.17, 15) is 9.59 Å². The fraction of sp³-hybridized carbons (Fsp3) is 0.680. The summed E-state index contributed by atoms with van der Waals surface area (Å²) >= 11 is 0. The Kier molecular flexibility index (Phi) is 7.22. The maximum Gasteiger partial charge on any atom is 0.245 e. The van der Waals surface area contributed by atoms with Gasteiger partial charge in [0, 0.05) is 18.5 Å². The molecule has 2 aliphatic carbocycles. The molecule has 1 aromatic rings. The van der Waals surface area contributed by atoms with Crippen molar-refractivity contribution >= 4 is 11.8 Å². The van der Waals surface area contributed by atoms with Crippen molar-refractivity contribution in [3.05, 3.63) is 35.9 Å². The molecule has 6 atom stereocenters. The molecule has 0 aliphatic heterocycles. The summed E-state index contributed by atoms with van der Waals surface area (Å²) in [5.74, 6) is 1.41. The molecule has 0 radical (unpaired) electrons. The first-order chi connectivity index (χ1) is 14.3. The first-order valence-corrected chi connectivity index (χ1v) is 11.7. The molecule has 5 unspecified atom stereocenters. The zero-order chi connectivity index (χ0) is 22.0. The Labute approximate surface area is 181 Å². The highest BCUT2D eigenvalue weighted by molar-refractivity contribution is 5.90. The molecule has 2 amide bonds. The minimum Gasteiger partial charge on any atom is -0.343 e. The lowest BCUT2D eigenvalue weighted by atomic mass is 9.78. The smallest absolute Gasteiger partial charge is 0.245 e. The second kappa shape index (κ2) is 9.51. The first kappa shape index (κ1) is 22.8. The van der Waals surface area contributed by atoms with Crippen LogP contribution >= 0.6 is 0 Å². The molecule has 2 bridgehead atoms. The fourth-order valence-electron chi connectivity index (χ4n) is 5.61. The topological polar surface area (TPSA) is 75.4 Å². The molecule has 2 aliphatic rings. The fourth-order valence-corrected chi connectivity index (χ4v) is 5.61. The number of likely N-dealkylation sites (N-methyl/N-ethyl adjacent to an activating group) is 1. The highest BCUT2D eigenvalue weighted by Crippen LogP contribution is 2.55.